The number of piperazine rings is 2. The van der Waals surface area contributed by atoms with Crippen LogP contribution in [0.3, 0.4) is 0 Å². The number of pyridine rings is 1. The van der Waals surface area contributed by atoms with Crippen molar-refractivity contribution in [3.05, 3.63) is 189 Å². The fourth-order valence-electron chi connectivity index (χ4n) is 16.3. The van der Waals surface area contributed by atoms with Crippen molar-refractivity contribution in [1.82, 2.24) is 55.1 Å². The molecule has 2 aromatic heterocycles. The fourth-order valence-corrected chi connectivity index (χ4v) is 20.3. The van der Waals surface area contributed by atoms with Crippen LogP contribution in [0.15, 0.2) is 165 Å². The van der Waals surface area contributed by atoms with Gasteiger partial charge in [-0.1, -0.05) is 106 Å². The van der Waals surface area contributed by atoms with Crippen LogP contribution in [0.2, 0.25) is 5.02 Å². The molecule has 4 saturated heterocycles. The van der Waals surface area contributed by atoms with Crippen LogP contribution in [0.4, 0.5) is 24.5 Å². The lowest BCUT2D eigenvalue weighted by molar-refractivity contribution is -0.144. The molecule has 0 spiro atoms. The zero-order valence-electron chi connectivity index (χ0n) is 69.2. The molecule has 5 aromatic carbocycles. The van der Waals surface area contributed by atoms with E-state index in [0.29, 0.717) is 133 Å². The number of hydrogen-bond donors (Lipinski definition) is 6. The van der Waals surface area contributed by atoms with Gasteiger partial charge in [-0.25, -0.2) is 26.5 Å². The van der Waals surface area contributed by atoms with E-state index in [0.717, 1.165) is 95.3 Å². The number of carbonyl (C=O) groups is 6. The summed E-state index contributed by atoms with van der Waals surface area (Å²) in [4.78, 5) is 103. The number of aliphatic hydroxyl groups excluding tert-OH is 1. The van der Waals surface area contributed by atoms with Gasteiger partial charge in [-0.3, -0.25) is 43.6 Å². The molecule has 0 bridgehead atoms. The normalized spacial score (nSPS) is 19.5. The highest BCUT2D eigenvalue weighted by molar-refractivity contribution is 7.99. The molecule has 7 aromatic rings. The highest BCUT2D eigenvalue weighted by atomic mass is 35.5. The van der Waals surface area contributed by atoms with Crippen LogP contribution < -0.4 is 30.9 Å². The first-order chi connectivity index (χ1) is 57.7. The van der Waals surface area contributed by atoms with E-state index in [2.05, 4.69) is 69.9 Å². The number of sulfonamides is 1. The van der Waals surface area contributed by atoms with Crippen LogP contribution in [0.25, 0.3) is 16.0 Å². The van der Waals surface area contributed by atoms with Crippen molar-refractivity contribution >= 4 is 107 Å². The molecule has 0 saturated carbocycles. The largest absolute Gasteiger partial charge is 0.501 e. The Morgan fingerprint density at radius 3 is 2.14 bits per heavy atom. The first kappa shape index (κ1) is 91.4. The molecule has 4 unspecified atom stereocenters. The van der Waals surface area contributed by atoms with Crippen LogP contribution in [0.1, 0.15) is 153 Å². The molecule has 25 nitrogen and oxygen atoms in total. The number of nitrogens with zero attached hydrogens (tertiary/aromatic N) is 8. The average molecular weight is 1760 g/mol. The summed E-state index contributed by atoms with van der Waals surface area (Å²) in [5, 5.41) is 23.3. The van der Waals surface area contributed by atoms with Gasteiger partial charge in [0.15, 0.2) is 0 Å². The number of benzene rings is 5. The summed E-state index contributed by atoms with van der Waals surface area (Å²) in [7, 11) is -11.1. The van der Waals surface area contributed by atoms with Crippen LogP contribution >= 0.6 is 34.7 Å². The van der Waals surface area contributed by atoms with Gasteiger partial charge in [0.2, 0.25) is 17.7 Å². The first-order valence-corrected chi connectivity index (χ1v) is 46.5. The number of anilines is 2. The maximum absolute atomic E-state index is 14.5. The minimum Gasteiger partial charge on any atom is -0.391 e. The number of nitrogens with one attached hydrogen (secondary N) is 5. The van der Waals surface area contributed by atoms with Gasteiger partial charge in [-0.15, -0.1) is 23.1 Å². The molecule has 650 valence electrons. The lowest BCUT2D eigenvalue weighted by Gasteiger charge is -2.44. The Bertz CT molecular complexity index is 5030. The van der Waals surface area contributed by atoms with E-state index in [1.54, 1.807) is 46.0 Å². The van der Waals surface area contributed by atoms with Crippen molar-refractivity contribution in [2.24, 2.45) is 10.8 Å². The summed E-state index contributed by atoms with van der Waals surface area (Å²) in [5.41, 5.74) is 2.68. The Balaban J connectivity index is 0.577. The molecule has 4 aliphatic heterocycles. The summed E-state index contributed by atoms with van der Waals surface area (Å²) in [6, 6.07) is 34.3. The smallest absolute Gasteiger partial charge is 0.391 e. The van der Waals surface area contributed by atoms with Crippen molar-refractivity contribution in [2.45, 2.75) is 156 Å². The number of aliphatic hydroxyl groups is 1. The molecule has 1 aliphatic carbocycles. The van der Waals surface area contributed by atoms with Crippen molar-refractivity contribution in [2.75, 3.05) is 127 Å². The zero-order valence-corrected chi connectivity index (χ0v) is 73.2. The number of thioether (sulfide) groups is 1. The standard InChI is InChI=1S/C88H109ClF3N13O12S4/c1-59(61-17-19-63(20-18-61)79-60(2)95-58-119-79)96-83(110)76-50-70(106)55-105(76)85(112)80(86(3,4)5)98-78(107)16-11-8-12-36-93-81(108)65-25-31-75(94-53-65)84(111)104-45-41-102(42-46-104)57-87(6)35-33-73(62-21-26-67(89)27-22-62)66(52-87)54-101-39-43-103(44-40-101)69-28-23-64(24-29-69)82(109)99-121(115,116)72-30-32-74(77(51-72)120(113,114)88(90,91)92)97-68(56-118-71-14-9-7-10-15-71)34-38-100-37-13-48-117-49-47-100/h7,9-10,14-15,17-32,51,53,58-59,68,70,76,80,97,106H,8,11-13,16,33-50,52,54-57H2,1-6H3,(H,93,108)(H,96,110)(H,98,107)(H,99,109)/t59?,68?,70-,76?,80?,87-/m1/s1. The van der Waals surface area contributed by atoms with Crippen molar-refractivity contribution in [3.8, 4) is 10.4 Å². The van der Waals surface area contributed by atoms with E-state index in [9.17, 15) is 63.9 Å². The summed E-state index contributed by atoms with van der Waals surface area (Å²) in [6.45, 7) is 21.7. The summed E-state index contributed by atoms with van der Waals surface area (Å²) >= 11 is 9.40. The van der Waals surface area contributed by atoms with Crippen LogP contribution in [-0.2, 0) is 39.0 Å². The number of amides is 6. The maximum atomic E-state index is 14.5. The van der Waals surface area contributed by atoms with Gasteiger partial charge >= 0.3 is 5.51 Å². The number of unbranched alkanes of at least 4 members (excludes halogenated alkanes) is 2. The molecule has 6 atom stereocenters. The average Bonchev–Trinajstić information content (AvgIpc) is 1.48. The third kappa shape index (κ3) is 24.2. The van der Waals surface area contributed by atoms with Gasteiger partial charge in [0, 0.05) is 157 Å². The molecule has 0 radical (unpaired) electrons. The molecule has 6 N–H and O–H groups in total. The molecular weight excluding hydrogens is 1650 g/mol. The van der Waals surface area contributed by atoms with E-state index < -0.39 is 88.2 Å². The Morgan fingerprint density at radius 1 is 0.760 bits per heavy atom. The zero-order chi connectivity index (χ0) is 86.4. The number of rotatable bonds is 32. The second kappa shape index (κ2) is 40.7. The highest BCUT2D eigenvalue weighted by Gasteiger charge is 2.49. The monoisotopic (exact) mass is 1760 g/mol. The number of carbonyl (C=O) groups excluding carboxylic acids is 6. The Kier molecular flexibility index (Phi) is 30.7. The summed E-state index contributed by atoms with van der Waals surface area (Å²) in [5.74, 6) is -2.45. The van der Waals surface area contributed by atoms with Gasteiger partial charge in [0.1, 0.15) is 22.7 Å². The predicted molar refractivity (Wildman–Crippen MR) is 465 cm³/mol. The number of likely N-dealkylation sites (tertiary alicyclic amines) is 1. The second-order valence-corrected chi connectivity index (χ2v) is 39.4. The number of β-amino-alcohol motifs (C(OH)–C–C–N with tert-alkyl or cyclic N) is 1. The topological polar surface area (TPSA) is 306 Å². The number of thiazole rings is 1. The minimum absolute atomic E-state index is 0.0423. The quantitative estimate of drug-likeness (QED) is 0.0169. The van der Waals surface area contributed by atoms with E-state index in [4.69, 9.17) is 16.3 Å². The van der Waals surface area contributed by atoms with Gasteiger partial charge in [0.05, 0.1) is 51.0 Å². The molecule has 33 heteroatoms. The minimum atomic E-state index is -6.12. The number of allylic oxidation sites excluding steroid dienone is 1. The molecule has 12 rings (SSSR count). The first-order valence-electron chi connectivity index (χ1n) is 41.3. The lowest BCUT2D eigenvalue weighted by atomic mass is 9.71. The van der Waals surface area contributed by atoms with E-state index in [1.165, 1.54) is 46.1 Å². The van der Waals surface area contributed by atoms with Gasteiger partial charge in [-0.05, 0) is 171 Å². The Morgan fingerprint density at radius 2 is 1.46 bits per heavy atom. The fraction of sp³-hybridized carbons (Fsp3) is 0.477. The Hall–Kier alpha value is -8.83. The van der Waals surface area contributed by atoms with E-state index >= 15 is 0 Å². The molecular formula is C88H109ClF3N13O12S4. The number of halogens is 4. The summed E-state index contributed by atoms with van der Waals surface area (Å²) < 4.78 is 105. The summed E-state index contributed by atoms with van der Waals surface area (Å²) in [6.07, 6.45) is 6.24. The number of aryl methyl sites for hydroxylation is 1. The molecule has 6 heterocycles. The number of hydrogen-bond acceptors (Lipinski definition) is 21. The number of ether oxygens (including phenoxy) is 1. The van der Waals surface area contributed by atoms with Crippen molar-refractivity contribution < 1.29 is 68.6 Å². The van der Waals surface area contributed by atoms with Crippen LogP contribution in [-0.4, -0.2) is 239 Å². The van der Waals surface area contributed by atoms with Crippen molar-refractivity contribution in [3.63, 3.8) is 0 Å². The van der Waals surface area contributed by atoms with Gasteiger partial charge in [0.25, 0.3) is 37.6 Å². The molecule has 121 heavy (non-hydrogen) atoms. The van der Waals surface area contributed by atoms with Crippen LogP contribution in [0.5, 0.6) is 0 Å². The van der Waals surface area contributed by atoms with E-state index in [-0.39, 0.29) is 59.8 Å². The molecule has 4 fully saturated rings. The van der Waals surface area contributed by atoms with Crippen LogP contribution in [0, 0.1) is 17.8 Å². The van der Waals surface area contributed by atoms with Crippen molar-refractivity contribution in [1.29, 1.82) is 0 Å². The molecule has 5 aliphatic rings. The lowest BCUT2D eigenvalue weighted by Crippen LogP contribution is -2.57. The maximum Gasteiger partial charge on any atom is 0.501 e. The predicted octanol–water partition coefficient (Wildman–Crippen LogP) is 12.1. The van der Waals surface area contributed by atoms with Gasteiger partial charge in [-0.2, -0.15) is 13.2 Å². The second-order valence-electron chi connectivity index (χ2n) is 33.4. The van der Waals surface area contributed by atoms with E-state index in [1.807, 2.05) is 106 Å². The Labute approximate surface area is 720 Å². The van der Waals surface area contributed by atoms with Gasteiger partial charge < -0.3 is 50.7 Å². The third-order valence-electron chi connectivity index (χ3n) is 23.2. The molecule has 6 amide bonds. The number of sulfone groups is 1. The number of alkyl halides is 3. The third-order valence-corrected chi connectivity index (χ3v) is 28.5. The highest BCUT2D eigenvalue weighted by Crippen LogP contribution is 2.45. The number of aromatic nitrogens is 2. The SMILES string of the molecule is Cc1ncsc1-c1ccc(C(C)NC(=O)C2C[C@@H](O)CN2C(=O)C(NC(=O)CCCCCNC(=O)c2ccc(C(=O)N3CCN(C[C@]4(C)CCC(c5ccc(Cl)cc5)=C(CN5CCN(c6ccc(C(=O)NS(=O)(=O)c7ccc(NC(CCN8CCCOCC8)CSc8ccccc8)c(S(=O)(=O)C(F)(F)F)c7)cc6)CC5)C4)CC3)nc2)C(C)(C)C)cc1.